The number of rotatable bonds is 8. The molecule has 2 heterocycles. The van der Waals surface area contributed by atoms with Crippen molar-refractivity contribution in [1.29, 1.82) is 0 Å². The highest BCUT2D eigenvalue weighted by Gasteiger charge is 2.59. The first kappa shape index (κ1) is 29.1. The summed E-state index contributed by atoms with van der Waals surface area (Å²) in [6.07, 6.45) is 1.25. The molecule has 0 saturated heterocycles. The first-order chi connectivity index (χ1) is 20.8. The van der Waals surface area contributed by atoms with Gasteiger partial charge in [0.15, 0.2) is 0 Å². The number of halogens is 1. The first-order valence-corrected chi connectivity index (χ1v) is 15.1. The second kappa shape index (κ2) is 12.0. The Morgan fingerprint density at radius 2 is 1.60 bits per heavy atom. The zero-order valence-electron chi connectivity index (χ0n) is 24.5. The number of hydrogen-bond donors (Lipinski definition) is 1. The highest BCUT2D eigenvalue weighted by Crippen LogP contribution is 2.54. The minimum Gasteiger partial charge on any atom is -0.392 e. The molecule has 0 aliphatic carbocycles. The second-order valence-electron chi connectivity index (χ2n) is 11.8. The fourth-order valence-corrected chi connectivity index (χ4v) is 7.02. The predicted molar refractivity (Wildman–Crippen MR) is 170 cm³/mol. The zero-order chi connectivity index (χ0) is 30.1. The predicted octanol–water partition coefficient (Wildman–Crippen LogP) is 6.01. The van der Waals surface area contributed by atoms with Gasteiger partial charge in [0.2, 0.25) is 5.91 Å². The molecule has 0 aromatic heterocycles. The van der Waals surface area contributed by atoms with Crippen LogP contribution in [-0.2, 0) is 29.8 Å². The van der Waals surface area contributed by atoms with Crippen LogP contribution in [0.3, 0.4) is 0 Å². The van der Waals surface area contributed by atoms with E-state index in [0.29, 0.717) is 23.6 Å². The SMILES string of the molecule is CN(C)CCCN1C(=O)[C@@]2(Cc3ccccc31)c1ccccc1C(=O)N(Cc1ccccc1Cl)[C@H]2c1ccc(CO)cc1. The fraction of sp³-hybridized carbons (Fsp3) is 0.278. The Kier molecular flexibility index (Phi) is 8.10. The molecule has 6 nitrogen and oxygen atoms in total. The van der Waals surface area contributed by atoms with Gasteiger partial charge in [0.05, 0.1) is 12.6 Å². The van der Waals surface area contributed by atoms with Crippen molar-refractivity contribution >= 4 is 29.1 Å². The maximum Gasteiger partial charge on any atom is 0.255 e. The molecule has 0 saturated carbocycles. The average molecular weight is 594 g/mol. The monoisotopic (exact) mass is 593 g/mol. The van der Waals surface area contributed by atoms with E-state index in [4.69, 9.17) is 11.6 Å². The maximum absolute atomic E-state index is 15.3. The number of carbonyl (C=O) groups is 2. The molecule has 0 radical (unpaired) electrons. The Morgan fingerprint density at radius 3 is 2.35 bits per heavy atom. The van der Waals surface area contributed by atoms with Crippen LogP contribution >= 0.6 is 11.6 Å². The van der Waals surface area contributed by atoms with E-state index in [-0.39, 0.29) is 25.0 Å². The lowest BCUT2D eigenvalue weighted by molar-refractivity contribution is -0.128. The normalized spacial score (nSPS) is 19.6. The van der Waals surface area contributed by atoms with Crippen LogP contribution in [0.5, 0.6) is 0 Å². The summed E-state index contributed by atoms with van der Waals surface area (Å²) >= 11 is 6.66. The third-order valence-corrected chi connectivity index (χ3v) is 9.19. The molecule has 2 atom stereocenters. The maximum atomic E-state index is 15.3. The van der Waals surface area contributed by atoms with Crippen molar-refractivity contribution in [2.24, 2.45) is 0 Å². The number of aliphatic hydroxyl groups is 1. The summed E-state index contributed by atoms with van der Waals surface area (Å²) in [4.78, 5) is 35.7. The third kappa shape index (κ3) is 5.14. The molecule has 0 fully saturated rings. The number of fused-ring (bicyclic) bond motifs is 3. The van der Waals surface area contributed by atoms with Crippen LogP contribution < -0.4 is 4.90 Å². The number of benzene rings is 4. The zero-order valence-corrected chi connectivity index (χ0v) is 25.3. The second-order valence-corrected chi connectivity index (χ2v) is 12.2. The van der Waals surface area contributed by atoms with Crippen molar-refractivity contribution < 1.29 is 14.7 Å². The Labute approximate surface area is 258 Å². The molecule has 220 valence electrons. The van der Waals surface area contributed by atoms with Crippen LogP contribution in [0.25, 0.3) is 0 Å². The van der Waals surface area contributed by atoms with Crippen molar-refractivity contribution in [2.75, 3.05) is 32.1 Å². The van der Waals surface area contributed by atoms with Gasteiger partial charge in [-0.3, -0.25) is 9.59 Å². The number of hydrogen-bond acceptors (Lipinski definition) is 4. The van der Waals surface area contributed by atoms with E-state index in [9.17, 15) is 9.90 Å². The van der Waals surface area contributed by atoms with Gasteiger partial charge in [0.1, 0.15) is 5.41 Å². The standard InChI is InChI=1S/C36H36ClN3O3/c1-38(2)20-9-21-39-32-15-8-4-10-27(32)22-36(35(39)43)30-13-6-5-12-29(30)34(42)40(23-28-11-3-7-14-31(28)37)33(36)26-18-16-25(24-41)17-19-26/h3-8,10-19,33,41H,9,20-24H2,1-2H3/t33-,36-/m0/s1. The van der Waals surface area contributed by atoms with E-state index in [1.54, 1.807) is 0 Å². The van der Waals surface area contributed by atoms with Crippen LogP contribution in [0.15, 0.2) is 97.1 Å². The summed E-state index contributed by atoms with van der Waals surface area (Å²) in [5, 5.41) is 10.4. The van der Waals surface area contributed by atoms with Gasteiger partial charge >= 0.3 is 0 Å². The number of nitrogens with zero attached hydrogens (tertiary/aromatic N) is 3. The summed E-state index contributed by atoms with van der Waals surface area (Å²) in [7, 11) is 4.07. The number of anilines is 1. The number of aliphatic hydroxyl groups excluding tert-OH is 1. The van der Waals surface area contributed by atoms with Gasteiger partial charge in [-0.25, -0.2) is 0 Å². The van der Waals surface area contributed by atoms with Gasteiger partial charge < -0.3 is 19.8 Å². The Morgan fingerprint density at radius 1 is 0.907 bits per heavy atom. The molecule has 4 aromatic rings. The van der Waals surface area contributed by atoms with E-state index >= 15 is 4.79 Å². The van der Waals surface area contributed by atoms with Crippen molar-refractivity contribution in [1.82, 2.24) is 9.80 Å². The van der Waals surface area contributed by atoms with Gasteiger partial charge in [-0.05, 0) is 79.5 Å². The van der Waals surface area contributed by atoms with Crippen LogP contribution in [0.1, 0.15) is 50.6 Å². The smallest absolute Gasteiger partial charge is 0.255 e. The van der Waals surface area contributed by atoms with E-state index in [1.165, 1.54) is 0 Å². The molecular weight excluding hydrogens is 558 g/mol. The first-order valence-electron chi connectivity index (χ1n) is 14.7. The molecular formula is C36H36ClN3O3. The molecule has 2 aliphatic heterocycles. The largest absolute Gasteiger partial charge is 0.392 e. The third-order valence-electron chi connectivity index (χ3n) is 8.82. The highest BCUT2D eigenvalue weighted by molar-refractivity contribution is 6.31. The summed E-state index contributed by atoms with van der Waals surface area (Å²) in [6, 6.07) is 30.3. The van der Waals surface area contributed by atoms with Crippen molar-refractivity contribution in [3.05, 3.63) is 135 Å². The lowest BCUT2D eigenvalue weighted by atomic mass is 9.61. The lowest BCUT2D eigenvalue weighted by Crippen LogP contribution is -2.62. The molecule has 43 heavy (non-hydrogen) atoms. The molecule has 2 amide bonds. The summed E-state index contributed by atoms with van der Waals surface area (Å²) in [5.41, 5.74) is 4.64. The molecule has 1 N–H and O–H groups in total. The van der Waals surface area contributed by atoms with E-state index in [0.717, 1.165) is 46.5 Å². The highest BCUT2D eigenvalue weighted by atomic mass is 35.5. The lowest BCUT2D eigenvalue weighted by Gasteiger charge is -2.53. The van der Waals surface area contributed by atoms with Gasteiger partial charge in [-0.15, -0.1) is 0 Å². The van der Waals surface area contributed by atoms with Gasteiger partial charge in [0, 0.05) is 29.4 Å². The molecule has 0 bridgehead atoms. The minimum absolute atomic E-state index is 0.00898. The van der Waals surface area contributed by atoms with Gasteiger partial charge in [0.25, 0.3) is 5.91 Å². The van der Waals surface area contributed by atoms with Crippen molar-refractivity contribution in [3.8, 4) is 0 Å². The summed E-state index contributed by atoms with van der Waals surface area (Å²) < 4.78 is 0. The van der Waals surface area contributed by atoms with E-state index < -0.39 is 11.5 Å². The van der Waals surface area contributed by atoms with Crippen LogP contribution in [0.2, 0.25) is 5.02 Å². The Hall–Kier alpha value is -3.97. The van der Waals surface area contributed by atoms with Crippen molar-refractivity contribution in [2.45, 2.75) is 37.5 Å². The molecule has 7 heteroatoms. The Bertz CT molecular complexity index is 1650. The van der Waals surface area contributed by atoms with Crippen LogP contribution in [-0.4, -0.2) is 53.9 Å². The van der Waals surface area contributed by atoms with Crippen LogP contribution in [0, 0.1) is 0 Å². The summed E-state index contributed by atoms with van der Waals surface area (Å²) in [5.74, 6) is -0.145. The minimum atomic E-state index is -1.08. The molecule has 4 aromatic carbocycles. The van der Waals surface area contributed by atoms with E-state index in [2.05, 4.69) is 11.0 Å². The molecule has 2 aliphatic rings. The quantitative estimate of drug-likeness (QED) is 0.272. The van der Waals surface area contributed by atoms with Gasteiger partial charge in [-0.1, -0.05) is 90.5 Å². The topological polar surface area (TPSA) is 64.1 Å². The number of carbonyl (C=O) groups excluding carboxylic acids is 2. The molecule has 1 spiro atoms. The average Bonchev–Trinajstić information content (AvgIpc) is 3.02. The van der Waals surface area contributed by atoms with Gasteiger partial charge in [-0.2, -0.15) is 0 Å². The molecule has 6 rings (SSSR count). The van der Waals surface area contributed by atoms with Crippen LogP contribution in [0.4, 0.5) is 5.69 Å². The summed E-state index contributed by atoms with van der Waals surface area (Å²) in [6.45, 7) is 1.56. The fourth-order valence-electron chi connectivity index (χ4n) is 6.83. The molecule has 0 unspecified atom stereocenters. The van der Waals surface area contributed by atoms with Crippen molar-refractivity contribution in [3.63, 3.8) is 0 Å². The number of para-hydroxylation sites is 1. The number of amides is 2. The Balaban J connectivity index is 1.60. The van der Waals surface area contributed by atoms with E-state index in [1.807, 2.05) is 115 Å².